The summed E-state index contributed by atoms with van der Waals surface area (Å²) < 4.78 is 31.7. The van der Waals surface area contributed by atoms with Gasteiger partial charge in [-0.25, -0.2) is 8.42 Å². The maximum absolute atomic E-state index is 13.4. The summed E-state index contributed by atoms with van der Waals surface area (Å²) in [7, 11) is -3.52. The second-order valence-corrected chi connectivity index (χ2v) is 12.6. The maximum Gasteiger partial charge on any atom is 0.308 e. The van der Waals surface area contributed by atoms with Crippen LogP contribution in [-0.2, 0) is 10.0 Å². The van der Waals surface area contributed by atoms with Crippen molar-refractivity contribution < 1.29 is 8.42 Å². The maximum atomic E-state index is 13.4. The van der Waals surface area contributed by atoms with Crippen molar-refractivity contribution in [3.63, 3.8) is 0 Å². The van der Waals surface area contributed by atoms with E-state index in [4.69, 9.17) is 0 Å². The van der Waals surface area contributed by atoms with Gasteiger partial charge in [-0.2, -0.15) is 4.31 Å². The van der Waals surface area contributed by atoms with Gasteiger partial charge in [-0.15, -0.1) is 0 Å². The number of nitrogens with zero attached hydrogens (tertiary/aromatic N) is 3. The van der Waals surface area contributed by atoms with Gasteiger partial charge in [-0.1, -0.05) is 29.5 Å². The molecular formula is C26H30N4O3S2. The van der Waals surface area contributed by atoms with Crippen molar-refractivity contribution in [1.82, 2.24) is 18.8 Å². The Bertz CT molecular complexity index is 1510. The number of aromatic amines is 1. The van der Waals surface area contributed by atoms with E-state index in [1.165, 1.54) is 11.3 Å². The van der Waals surface area contributed by atoms with Gasteiger partial charge in [0.1, 0.15) is 0 Å². The van der Waals surface area contributed by atoms with Crippen LogP contribution in [0.25, 0.3) is 21.1 Å². The lowest BCUT2D eigenvalue weighted by Crippen LogP contribution is -2.41. The first-order valence-electron chi connectivity index (χ1n) is 12.4. The van der Waals surface area contributed by atoms with Crippen LogP contribution in [0.4, 0.5) is 0 Å². The Morgan fingerprint density at radius 1 is 1.00 bits per heavy atom. The Labute approximate surface area is 209 Å². The third-order valence-corrected chi connectivity index (χ3v) is 10.6. The number of fused-ring (bicyclic) bond motifs is 2. The lowest BCUT2D eigenvalue weighted by molar-refractivity contribution is 0.175. The lowest BCUT2D eigenvalue weighted by Gasteiger charge is -2.34. The number of hydrogen-bond acceptors (Lipinski definition) is 5. The monoisotopic (exact) mass is 510 g/mol. The number of piperidine rings is 1. The molecule has 2 aliphatic rings. The van der Waals surface area contributed by atoms with Crippen LogP contribution in [0.1, 0.15) is 38.1 Å². The van der Waals surface area contributed by atoms with E-state index in [0.29, 0.717) is 11.4 Å². The van der Waals surface area contributed by atoms with Crippen molar-refractivity contribution in [2.45, 2.75) is 49.1 Å². The quantitative estimate of drug-likeness (QED) is 0.416. The van der Waals surface area contributed by atoms with Gasteiger partial charge in [0.25, 0.3) is 0 Å². The number of para-hydroxylation sites is 1. The van der Waals surface area contributed by atoms with E-state index in [-0.39, 0.29) is 17.0 Å². The average molecular weight is 511 g/mol. The molecule has 0 saturated carbocycles. The third kappa shape index (κ3) is 4.24. The van der Waals surface area contributed by atoms with Crippen molar-refractivity contribution in [1.29, 1.82) is 0 Å². The minimum Gasteiger partial charge on any atom is -0.361 e. The number of hydrogen-bond donors (Lipinski definition) is 1. The van der Waals surface area contributed by atoms with Crippen LogP contribution in [-0.4, -0.2) is 59.4 Å². The molecule has 0 radical (unpaired) electrons. The summed E-state index contributed by atoms with van der Waals surface area (Å²) in [6, 6.07) is 15.6. The van der Waals surface area contributed by atoms with Crippen LogP contribution in [0, 0.1) is 0 Å². The van der Waals surface area contributed by atoms with Crippen LogP contribution >= 0.6 is 11.3 Å². The third-order valence-electron chi connectivity index (χ3n) is 7.68. The number of thiazole rings is 1. The number of likely N-dealkylation sites (tertiary alicyclic amines) is 1. The molecule has 184 valence electrons. The van der Waals surface area contributed by atoms with Gasteiger partial charge in [0, 0.05) is 43.4 Å². The fourth-order valence-corrected chi connectivity index (χ4v) is 8.50. The van der Waals surface area contributed by atoms with E-state index in [0.717, 1.165) is 72.9 Å². The second kappa shape index (κ2) is 9.20. The van der Waals surface area contributed by atoms with E-state index in [1.54, 1.807) is 16.4 Å². The smallest absolute Gasteiger partial charge is 0.308 e. The first-order chi connectivity index (χ1) is 17.0. The van der Waals surface area contributed by atoms with Crippen molar-refractivity contribution in [2.75, 3.05) is 26.2 Å². The minimum atomic E-state index is -3.52. The number of rotatable bonds is 6. The number of nitrogens with one attached hydrogen (secondary N) is 1. The summed E-state index contributed by atoms with van der Waals surface area (Å²) in [5.41, 5.74) is 1.90. The summed E-state index contributed by atoms with van der Waals surface area (Å²) >= 11 is 1.33. The average Bonchev–Trinajstić information content (AvgIpc) is 3.60. The van der Waals surface area contributed by atoms with Crippen molar-refractivity contribution in [3.8, 4) is 0 Å². The predicted octanol–water partition coefficient (Wildman–Crippen LogP) is 4.42. The molecular weight excluding hydrogens is 480 g/mol. The first-order valence-corrected chi connectivity index (χ1v) is 14.7. The van der Waals surface area contributed by atoms with Gasteiger partial charge in [0.05, 0.1) is 15.1 Å². The van der Waals surface area contributed by atoms with Gasteiger partial charge < -0.3 is 9.88 Å². The molecule has 0 bridgehead atoms. The van der Waals surface area contributed by atoms with E-state index in [2.05, 4.69) is 9.88 Å². The number of H-pyrrole nitrogens is 1. The Balaban J connectivity index is 1.09. The summed E-state index contributed by atoms with van der Waals surface area (Å²) in [6.45, 7) is 3.35. The van der Waals surface area contributed by atoms with Crippen LogP contribution in [0.15, 0.2) is 64.4 Å². The Kier molecular flexibility index (Phi) is 6.04. The van der Waals surface area contributed by atoms with E-state index in [1.807, 2.05) is 47.2 Å². The predicted molar refractivity (Wildman–Crippen MR) is 141 cm³/mol. The molecule has 0 amide bonds. The molecule has 2 aromatic carbocycles. The van der Waals surface area contributed by atoms with Crippen molar-refractivity contribution in [3.05, 3.63) is 64.4 Å². The van der Waals surface area contributed by atoms with Crippen LogP contribution < -0.4 is 4.87 Å². The number of aromatic nitrogens is 2. The molecule has 2 saturated heterocycles. The zero-order valence-electron chi connectivity index (χ0n) is 19.6. The molecule has 9 heteroatoms. The summed E-state index contributed by atoms with van der Waals surface area (Å²) in [4.78, 5) is 18.7. The van der Waals surface area contributed by atoms with Crippen LogP contribution in [0.2, 0.25) is 0 Å². The number of sulfonamides is 1. The molecule has 2 aromatic heterocycles. The Hall–Kier alpha value is -2.46. The highest BCUT2D eigenvalue weighted by molar-refractivity contribution is 7.89. The lowest BCUT2D eigenvalue weighted by atomic mass is 10.0. The standard InChI is InChI=1S/C26H30N4O3S2/c31-26-30(24-5-1-2-6-25(24)34-26)21-11-16-28(17-12-21)15-10-20-4-3-14-29(20)35(32,33)22-8-7-19-9-13-27-23(19)18-22/h1-2,5-9,13,18,20-21,27H,3-4,10-12,14-17H2/t20-/m1/s1. The van der Waals surface area contributed by atoms with Crippen molar-refractivity contribution in [2.24, 2.45) is 0 Å². The Morgan fingerprint density at radius 3 is 2.69 bits per heavy atom. The summed E-state index contributed by atoms with van der Waals surface area (Å²) in [5.74, 6) is 0. The van der Waals surface area contributed by atoms with E-state index >= 15 is 0 Å². The fraction of sp³-hybridized carbons (Fsp3) is 0.423. The normalized spacial score (nSPS) is 20.9. The Morgan fingerprint density at radius 2 is 1.83 bits per heavy atom. The topological polar surface area (TPSA) is 78.4 Å². The van der Waals surface area contributed by atoms with Gasteiger partial charge in [-0.05, 0) is 74.4 Å². The highest BCUT2D eigenvalue weighted by Crippen LogP contribution is 2.31. The van der Waals surface area contributed by atoms with E-state index < -0.39 is 10.0 Å². The van der Waals surface area contributed by atoms with Gasteiger partial charge in [0.2, 0.25) is 10.0 Å². The highest BCUT2D eigenvalue weighted by Gasteiger charge is 2.35. The zero-order valence-corrected chi connectivity index (χ0v) is 21.2. The second-order valence-electron chi connectivity index (χ2n) is 9.71. The van der Waals surface area contributed by atoms with Crippen molar-refractivity contribution >= 4 is 42.5 Å². The molecule has 0 spiro atoms. The molecule has 4 aromatic rings. The molecule has 1 atom stereocenters. The molecule has 2 aliphatic heterocycles. The molecule has 7 nitrogen and oxygen atoms in total. The fourth-order valence-electron chi connectivity index (χ4n) is 5.80. The van der Waals surface area contributed by atoms with Crippen LogP contribution in [0.5, 0.6) is 0 Å². The van der Waals surface area contributed by atoms with Gasteiger partial charge in [-0.3, -0.25) is 9.36 Å². The van der Waals surface area contributed by atoms with E-state index in [9.17, 15) is 13.2 Å². The SMILES string of the molecule is O=c1sc2ccccc2n1C1CCN(CC[C@H]2CCCN2S(=O)(=O)c2ccc3cc[nH]c3c2)CC1. The molecule has 0 aliphatic carbocycles. The zero-order chi connectivity index (χ0) is 24.0. The summed E-state index contributed by atoms with van der Waals surface area (Å²) in [6.07, 6.45) is 6.39. The molecule has 0 unspecified atom stereocenters. The highest BCUT2D eigenvalue weighted by atomic mass is 32.2. The molecule has 6 rings (SSSR count). The molecule has 4 heterocycles. The molecule has 35 heavy (non-hydrogen) atoms. The summed E-state index contributed by atoms with van der Waals surface area (Å²) in [5, 5.41) is 1.02. The molecule has 1 N–H and O–H groups in total. The minimum absolute atomic E-state index is 0.0421. The number of benzene rings is 2. The van der Waals surface area contributed by atoms with Gasteiger partial charge in [0.15, 0.2) is 0 Å². The first kappa shape index (κ1) is 23.0. The van der Waals surface area contributed by atoms with Crippen LogP contribution in [0.3, 0.4) is 0 Å². The van der Waals surface area contributed by atoms with Gasteiger partial charge >= 0.3 is 4.87 Å². The molecule has 2 fully saturated rings. The largest absolute Gasteiger partial charge is 0.361 e.